The molecule has 132 valence electrons. The van der Waals surface area contributed by atoms with E-state index in [4.69, 9.17) is 14.2 Å². The van der Waals surface area contributed by atoms with Crippen molar-refractivity contribution in [2.24, 2.45) is 0 Å². The number of hydrogen-bond acceptors (Lipinski definition) is 7. The van der Waals surface area contributed by atoms with Gasteiger partial charge in [0.25, 0.3) is 5.91 Å². The minimum atomic E-state index is -0.695. The molecule has 0 fully saturated rings. The lowest BCUT2D eigenvalue weighted by Crippen LogP contribution is -2.24. The molecule has 9 nitrogen and oxygen atoms in total. The number of benzene rings is 1. The van der Waals surface area contributed by atoms with Gasteiger partial charge in [0.05, 0.1) is 26.3 Å². The number of aromatic nitrogens is 1. The second kappa shape index (κ2) is 7.95. The summed E-state index contributed by atoms with van der Waals surface area (Å²) < 4.78 is 15.4. The van der Waals surface area contributed by atoms with Crippen molar-refractivity contribution >= 4 is 11.6 Å². The highest BCUT2D eigenvalue weighted by Crippen LogP contribution is 2.46. The molecule has 0 radical (unpaired) electrons. The number of amides is 1. The van der Waals surface area contributed by atoms with Crippen LogP contribution in [0.1, 0.15) is 15.9 Å². The highest BCUT2D eigenvalue weighted by Gasteiger charge is 2.32. The lowest BCUT2D eigenvalue weighted by atomic mass is 10.1. The molecule has 9 heteroatoms. The number of ether oxygens (including phenoxy) is 3. The zero-order valence-corrected chi connectivity index (χ0v) is 13.9. The van der Waals surface area contributed by atoms with Crippen LogP contribution in [0.3, 0.4) is 0 Å². The number of methoxy groups -OCH3 is 3. The maximum Gasteiger partial charge on any atom is 0.327 e. The second-order valence-corrected chi connectivity index (χ2v) is 4.84. The third-order valence-corrected chi connectivity index (χ3v) is 3.41. The molecule has 2 rings (SSSR count). The Kier molecular flexibility index (Phi) is 5.72. The van der Waals surface area contributed by atoms with E-state index in [0.29, 0.717) is 0 Å². The Morgan fingerprint density at radius 3 is 2.48 bits per heavy atom. The average Bonchev–Trinajstić information content (AvgIpc) is 2.64. The minimum Gasteiger partial charge on any atom is -0.493 e. The molecule has 1 heterocycles. The Balaban J connectivity index is 2.44. The third kappa shape index (κ3) is 3.77. The molecular formula is C16H17N3O6. The van der Waals surface area contributed by atoms with E-state index in [9.17, 15) is 14.9 Å². The Morgan fingerprint density at radius 2 is 1.96 bits per heavy atom. The van der Waals surface area contributed by atoms with E-state index in [1.165, 1.54) is 27.4 Å². The number of nitrogens with one attached hydrogen (secondary N) is 1. The third-order valence-electron chi connectivity index (χ3n) is 3.41. The van der Waals surface area contributed by atoms with Crippen LogP contribution in [-0.2, 0) is 6.54 Å². The standard InChI is InChI=1S/C16H17N3O6/c1-23-12-7-11(13(19(21)22)15(25-3)14(12)24-2)16(20)18-9-10-5-4-6-17-8-10/h4-8H,9H2,1-3H3,(H,18,20). The van der Waals surface area contributed by atoms with Crippen LogP contribution in [0.2, 0.25) is 0 Å². The van der Waals surface area contributed by atoms with Crippen molar-refractivity contribution in [3.05, 3.63) is 51.8 Å². The minimum absolute atomic E-state index is 0.0421. The summed E-state index contributed by atoms with van der Waals surface area (Å²) in [7, 11) is 3.94. The van der Waals surface area contributed by atoms with Gasteiger partial charge in [0.15, 0.2) is 5.75 Å². The van der Waals surface area contributed by atoms with Crippen molar-refractivity contribution < 1.29 is 23.9 Å². The number of nitro benzene ring substituents is 1. The molecule has 0 bridgehead atoms. The zero-order valence-electron chi connectivity index (χ0n) is 13.9. The number of nitrogens with zero attached hydrogens (tertiary/aromatic N) is 2. The topological polar surface area (TPSA) is 113 Å². The van der Waals surface area contributed by atoms with Gasteiger partial charge < -0.3 is 19.5 Å². The maximum absolute atomic E-state index is 12.5. The molecule has 0 saturated heterocycles. The number of hydrogen-bond donors (Lipinski definition) is 1. The molecule has 0 aliphatic carbocycles. The van der Waals surface area contributed by atoms with E-state index in [2.05, 4.69) is 10.3 Å². The Labute approximate surface area is 143 Å². The van der Waals surface area contributed by atoms with Crippen LogP contribution in [-0.4, -0.2) is 37.1 Å². The first kappa shape index (κ1) is 18.0. The van der Waals surface area contributed by atoms with Crippen molar-refractivity contribution in [3.63, 3.8) is 0 Å². The summed E-state index contributed by atoms with van der Waals surface area (Å²) in [5, 5.41) is 14.1. The number of rotatable bonds is 7. The Hall–Kier alpha value is -3.36. The molecule has 0 aliphatic rings. The number of carbonyl (C=O) groups excluding carboxylic acids is 1. The maximum atomic E-state index is 12.5. The van der Waals surface area contributed by atoms with Gasteiger partial charge in [0.1, 0.15) is 5.56 Å². The smallest absolute Gasteiger partial charge is 0.327 e. The lowest BCUT2D eigenvalue weighted by molar-refractivity contribution is -0.386. The zero-order chi connectivity index (χ0) is 18.4. The van der Waals surface area contributed by atoms with Crippen molar-refractivity contribution in [3.8, 4) is 17.2 Å². The molecule has 0 unspecified atom stereocenters. The molecule has 1 aromatic heterocycles. The van der Waals surface area contributed by atoms with Gasteiger partial charge in [0.2, 0.25) is 11.5 Å². The summed E-state index contributed by atoms with van der Waals surface area (Å²) in [4.78, 5) is 27.2. The summed E-state index contributed by atoms with van der Waals surface area (Å²) in [6.45, 7) is 0.167. The number of carbonyl (C=O) groups is 1. The quantitative estimate of drug-likeness (QED) is 0.601. The SMILES string of the molecule is COc1cc(C(=O)NCc2cccnc2)c([N+](=O)[O-])c(OC)c1OC. The average molecular weight is 347 g/mol. The Morgan fingerprint density at radius 1 is 1.24 bits per heavy atom. The molecule has 2 aromatic rings. The fourth-order valence-corrected chi connectivity index (χ4v) is 2.28. The van der Waals surface area contributed by atoms with Gasteiger partial charge >= 0.3 is 5.69 Å². The largest absolute Gasteiger partial charge is 0.493 e. The van der Waals surface area contributed by atoms with Gasteiger partial charge in [-0.3, -0.25) is 19.9 Å². The van der Waals surface area contributed by atoms with E-state index in [0.717, 1.165) is 5.56 Å². The van der Waals surface area contributed by atoms with Gasteiger partial charge in [-0.15, -0.1) is 0 Å². The molecule has 1 amide bonds. The van der Waals surface area contributed by atoms with Crippen molar-refractivity contribution in [1.29, 1.82) is 0 Å². The summed E-state index contributed by atoms with van der Waals surface area (Å²) in [6, 6.07) is 4.75. The van der Waals surface area contributed by atoms with E-state index in [1.807, 2.05) is 0 Å². The first-order chi connectivity index (χ1) is 12.0. The molecule has 1 aromatic carbocycles. The first-order valence-corrected chi connectivity index (χ1v) is 7.17. The van der Waals surface area contributed by atoms with Crippen molar-refractivity contribution in [2.45, 2.75) is 6.54 Å². The highest BCUT2D eigenvalue weighted by molar-refractivity contribution is 6.00. The van der Waals surface area contributed by atoms with Gasteiger partial charge in [0, 0.05) is 25.0 Å². The predicted molar refractivity (Wildman–Crippen MR) is 88.2 cm³/mol. The molecular weight excluding hydrogens is 330 g/mol. The fourth-order valence-electron chi connectivity index (χ4n) is 2.28. The monoisotopic (exact) mass is 347 g/mol. The van der Waals surface area contributed by atoms with Gasteiger partial charge in [-0.05, 0) is 11.6 Å². The first-order valence-electron chi connectivity index (χ1n) is 7.17. The van der Waals surface area contributed by atoms with E-state index in [-0.39, 0.29) is 29.4 Å². The summed E-state index contributed by atoms with van der Waals surface area (Å²) >= 11 is 0. The normalized spacial score (nSPS) is 10.0. The molecule has 0 aliphatic heterocycles. The van der Waals surface area contributed by atoms with Crippen LogP contribution in [0.5, 0.6) is 17.2 Å². The van der Waals surface area contributed by atoms with Crippen molar-refractivity contribution in [1.82, 2.24) is 10.3 Å². The van der Waals surface area contributed by atoms with Crippen LogP contribution in [0.15, 0.2) is 30.6 Å². The number of nitro groups is 1. The number of pyridine rings is 1. The van der Waals surface area contributed by atoms with E-state index in [1.54, 1.807) is 24.5 Å². The highest BCUT2D eigenvalue weighted by atomic mass is 16.6. The summed E-state index contributed by atoms with van der Waals surface area (Å²) in [5.74, 6) is -0.634. The fraction of sp³-hybridized carbons (Fsp3) is 0.250. The van der Waals surface area contributed by atoms with Gasteiger partial charge in [-0.2, -0.15) is 0 Å². The van der Waals surface area contributed by atoms with E-state index >= 15 is 0 Å². The van der Waals surface area contributed by atoms with Crippen LogP contribution in [0.25, 0.3) is 0 Å². The van der Waals surface area contributed by atoms with Crippen LogP contribution in [0.4, 0.5) is 5.69 Å². The lowest BCUT2D eigenvalue weighted by Gasteiger charge is -2.14. The summed E-state index contributed by atoms with van der Waals surface area (Å²) in [5.41, 5.74) is 0.0678. The van der Waals surface area contributed by atoms with Gasteiger partial charge in [-0.1, -0.05) is 6.07 Å². The molecule has 25 heavy (non-hydrogen) atoms. The molecule has 0 spiro atoms. The van der Waals surface area contributed by atoms with Crippen LogP contribution >= 0.6 is 0 Å². The predicted octanol–water partition coefficient (Wildman–Crippen LogP) is 1.95. The van der Waals surface area contributed by atoms with Crippen LogP contribution < -0.4 is 19.5 Å². The Bertz CT molecular complexity index is 779. The molecule has 0 atom stereocenters. The van der Waals surface area contributed by atoms with Crippen molar-refractivity contribution in [2.75, 3.05) is 21.3 Å². The van der Waals surface area contributed by atoms with Crippen LogP contribution in [0, 0.1) is 10.1 Å². The van der Waals surface area contributed by atoms with E-state index < -0.39 is 16.5 Å². The molecule has 1 N–H and O–H groups in total. The second-order valence-electron chi connectivity index (χ2n) is 4.84. The summed E-state index contributed by atoms with van der Waals surface area (Å²) in [6.07, 6.45) is 3.19. The molecule has 0 saturated carbocycles. The van der Waals surface area contributed by atoms with Gasteiger partial charge in [-0.25, -0.2) is 0 Å².